The molecule has 0 aliphatic heterocycles. The van der Waals surface area contributed by atoms with Crippen molar-refractivity contribution in [3.63, 3.8) is 0 Å². The van der Waals surface area contributed by atoms with Crippen molar-refractivity contribution in [3.05, 3.63) is 29.3 Å². The Balaban J connectivity index is 2.13. The van der Waals surface area contributed by atoms with Crippen LogP contribution in [0.25, 0.3) is 0 Å². The second-order valence-electron chi connectivity index (χ2n) is 6.73. The Bertz CT molecular complexity index is 830. The van der Waals surface area contributed by atoms with Crippen LogP contribution in [0.1, 0.15) is 42.6 Å². The number of nitrogens with two attached hydrogens (primary N) is 1. The third-order valence-electron chi connectivity index (χ3n) is 3.76. The molecular weight excluding hydrogens is 334 g/mol. The van der Waals surface area contributed by atoms with E-state index in [4.69, 9.17) is 10.9 Å². The first kappa shape index (κ1) is 19.3. The van der Waals surface area contributed by atoms with E-state index in [-0.39, 0.29) is 11.3 Å². The molecule has 1 aromatic rings. The summed E-state index contributed by atoms with van der Waals surface area (Å²) in [6.45, 7) is 3.04. The molecule has 0 heterocycles. The third-order valence-corrected chi connectivity index (χ3v) is 3.76. The van der Waals surface area contributed by atoms with Gasteiger partial charge in [0, 0.05) is 17.0 Å². The van der Waals surface area contributed by atoms with Crippen molar-refractivity contribution in [2.45, 2.75) is 38.3 Å². The molecule has 136 valence electrons. The topological polar surface area (TPSA) is 125 Å². The Labute approximate surface area is 151 Å². The molecule has 1 fully saturated rings. The van der Waals surface area contributed by atoms with Crippen LogP contribution in [0, 0.1) is 29.6 Å². The molecular formula is C19H21N3O4. The van der Waals surface area contributed by atoms with Gasteiger partial charge in [0.1, 0.15) is 11.8 Å². The minimum Gasteiger partial charge on any atom is -0.507 e. The molecule has 7 nitrogen and oxygen atoms in total. The lowest BCUT2D eigenvalue weighted by molar-refractivity contribution is -0.132. The molecule has 0 spiro atoms. The number of aromatic hydroxyl groups is 1. The summed E-state index contributed by atoms with van der Waals surface area (Å²) in [5.41, 5.74) is 6.65. The normalized spacial score (nSPS) is 14.2. The first-order valence-corrected chi connectivity index (χ1v) is 8.10. The molecule has 0 bridgehead atoms. The number of carbonyl (C=O) groups excluding carboxylic acids is 2. The smallest absolute Gasteiger partial charge is 0.267 e. The lowest BCUT2D eigenvalue weighted by Gasteiger charge is -2.29. The van der Waals surface area contributed by atoms with Crippen molar-refractivity contribution in [3.8, 4) is 29.4 Å². The predicted octanol–water partition coefficient (Wildman–Crippen LogP) is 0.498. The van der Waals surface area contributed by atoms with Crippen LogP contribution in [0.3, 0.4) is 0 Å². The summed E-state index contributed by atoms with van der Waals surface area (Å²) in [5, 5.41) is 21.3. The van der Waals surface area contributed by atoms with Gasteiger partial charge in [-0.1, -0.05) is 11.8 Å². The quantitative estimate of drug-likeness (QED) is 0.306. The highest BCUT2D eigenvalue weighted by molar-refractivity contribution is 6.00. The maximum atomic E-state index is 12.3. The predicted molar refractivity (Wildman–Crippen MR) is 94.9 cm³/mol. The van der Waals surface area contributed by atoms with E-state index in [2.05, 4.69) is 29.0 Å². The first-order valence-electron chi connectivity index (χ1n) is 8.10. The zero-order valence-electron chi connectivity index (χ0n) is 14.6. The number of benzene rings is 1. The molecule has 1 aromatic carbocycles. The number of amides is 2. The van der Waals surface area contributed by atoms with E-state index in [0.29, 0.717) is 11.5 Å². The van der Waals surface area contributed by atoms with Crippen molar-refractivity contribution in [2.24, 2.45) is 11.7 Å². The van der Waals surface area contributed by atoms with Crippen LogP contribution < -0.4 is 16.5 Å². The first-order chi connectivity index (χ1) is 12.2. The van der Waals surface area contributed by atoms with Crippen molar-refractivity contribution in [1.82, 2.24) is 10.8 Å². The maximum absolute atomic E-state index is 12.3. The zero-order valence-corrected chi connectivity index (χ0v) is 14.6. The van der Waals surface area contributed by atoms with Crippen LogP contribution in [0.2, 0.25) is 0 Å². The molecule has 1 aliphatic carbocycles. The van der Waals surface area contributed by atoms with Gasteiger partial charge in [0.2, 0.25) is 0 Å². The molecule has 7 heteroatoms. The molecule has 0 radical (unpaired) electrons. The lowest BCUT2D eigenvalue weighted by Crippen LogP contribution is -2.61. The Kier molecular flexibility index (Phi) is 5.89. The molecule has 0 saturated heterocycles. The Morgan fingerprint density at radius 1 is 1.31 bits per heavy atom. The molecule has 6 N–H and O–H groups in total. The minimum atomic E-state index is -1.20. The van der Waals surface area contributed by atoms with E-state index in [0.717, 1.165) is 12.8 Å². The second-order valence-corrected chi connectivity index (χ2v) is 6.73. The molecule has 26 heavy (non-hydrogen) atoms. The second kappa shape index (κ2) is 7.92. The summed E-state index contributed by atoms with van der Waals surface area (Å²) in [6, 6.07) is 3.10. The van der Waals surface area contributed by atoms with E-state index in [1.807, 2.05) is 0 Å². The molecule has 1 saturated carbocycles. The van der Waals surface area contributed by atoms with E-state index in [9.17, 15) is 14.7 Å². The number of nitrogens with one attached hydrogen (secondary N) is 2. The monoisotopic (exact) mass is 355 g/mol. The van der Waals surface area contributed by atoms with Gasteiger partial charge < -0.3 is 16.2 Å². The van der Waals surface area contributed by atoms with Crippen LogP contribution in [0.15, 0.2) is 18.2 Å². The van der Waals surface area contributed by atoms with E-state index in [1.165, 1.54) is 31.5 Å². The number of hydroxylamine groups is 1. The Morgan fingerprint density at radius 2 is 2.00 bits per heavy atom. The number of carbonyl (C=O) groups is 2. The summed E-state index contributed by atoms with van der Waals surface area (Å²) in [7, 11) is 0. The fraction of sp³-hybridized carbons (Fsp3) is 0.368. The van der Waals surface area contributed by atoms with Gasteiger partial charge in [-0.2, -0.15) is 0 Å². The van der Waals surface area contributed by atoms with Gasteiger partial charge in [-0.05, 0) is 56.7 Å². The molecule has 1 aliphatic rings. The summed E-state index contributed by atoms with van der Waals surface area (Å²) in [6.07, 6.45) is 2.24. The minimum absolute atomic E-state index is 0.0420. The van der Waals surface area contributed by atoms with E-state index >= 15 is 0 Å². The van der Waals surface area contributed by atoms with Gasteiger partial charge >= 0.3 is 0 Å². The molecule has 2 amide bonds. The van der Waals surface area contributed by atoms with Crippen molar-refractivity contribution < 1.29 is 19.9 Å². The molecule has 1 atom stereocenters. The van der Waals surface area contributed by atoms with Crippen LogP contribution in [0.4, 0.5) is 0 Å². The summed E-state index contributed by atoms with van der Waals surface area (Å²) in [5.74, 6) is 9.86. The molecule has 0 aromatic heterocycles. The van der Waals surface area contributed by atoms with Crippen LogP contribution >= 0.6 is 0 Å². The van der Waals surface area contributed by atoms with E-state index < -0.39 is 23.4 Å². The van der Waals surface area contributed by atoms with Crippen molar-refractivity contribution in [1.29, 1.82) is 0 Å². The van der Waals surface area contributed by atoms with Crippen LogP contribution in [-0.2, 0) is 4.79 Å². The van der Waals surface area contributed by atoms with Gasteiger partial charge in [-0.3, -0.25) is 14.8 Å². The molecule has 2 rings (SSSR count). The Hall–Kier alpha value is -3.00. The number of phenolic OH excluding ortho intramolecular Hbond substituents is 1. The van der Waals surface area contributed by atoms with Gasteiger partial charge in [0.15, 0.2) is 0 Å². The largest absolute Gasteiger partial charge is 0.507 e. The number of hydrogen-bond acceptors (Lipinski definition) is 5. The highest BCUT2D eigenvalue weighted by Crippen LogP contribution is 2.27. The van der Waals surface area contributed by atoms with Gasteiger partial charge in [0.25, 0.3) is 11.8 Å². The lowest BCUT2D eigenvalue weighted by atomic mass is 9.95. The van der Waals surface area contributed by atoms with Crippen LogP contribution in [-0.4, -0.2) is 33.7 Å². The number of phenols is 1. The maximum Gasteiger partial charge on any atom is 0.267 e. The SMILES string of the molecule is CC(C)(N)[C@H](NC(=O)c1ccc(C#CC#CC2CC2)cc1O)C(=O)NO. The van der Waals surface area contributed by atoms with E-state index in [1.54, 1.807) is 6.07 Å². The highest BCUT2D eigenvalue weighted by Gasteiger charge is 2.33. The van der Waals surface area contributed by atoms with Gasteiger partial charge in [0.05, 0.1) is 5.56 Å². The van der Waals surface area contributed by atoms with Crippen molar-refractivity contribution in [2.75, 3.05) is 0 Å². The fourth-order valence-electron chi connectivity index (χ4n) is 2.13. The van der Waals surface area contributed by atoms with Gasteiger partial charge in [-0.25, -0.2) is 5.48 Å². The van der Waals surface area contributed by atoms with Crippen LogP contribution in [0.5, 0.6) is 5.75 Å². The summed E-state index contributed by atoms with van der Waals surface area (Å²) in [4.78, 5) is 24.1. The summed E-state index contributed by atoms with van der Waals surface area (Å²) >= 11 is 0. The van der Waals surface area contributed by atoms with Crippen molar-refractivity contribution >= 4 is 11.8 Å². The fourth-order valence-corrected chi connectivity index (χ4v) is 2.13. The Morgan fingerprint density at radius 3 is 2.54 bits per heavy atom. The zero-order chi connectivity index (χ0) is 19.3. The number of rotatable bonds is 4. The number of hydrogen-bond donors (Lipinski definition) is 5. The molecule has 0 unspecified atom stereocenters. The highest BCUT2D eigenvalue weighted by atomic mass is 16.5. The third kappa shape index (κ3) is 5.25. The standard InChI is InChI=1S/C19H21N3O4/c1-19(2,20)16(18(25)22-26)21-17(24)14-10-9-13(11-15(14)23)6-4-3-5-12-7-8-12/h9-12,16,23,26H,7-8,20H2,1-2H3,(H,21,24)(H,22,25)/t16-/m1/s1. The average Bonchev–Trinajstić information content (AvgIpc) is 3.39. The van der Waals surface area contributed by atoms with Gasteiger partial charge in [-0.15, -0.1) is 0 Å². The summed E-state index contributed by atoms with van der Waals surface area (Å²) < 4.78 is 0. The average molecular weight is 355 g/mol.